The van der Waals surface area contributed by atoms with E-state index in [1.165, 1.54) is 0 Å². The summed E-state index contributed by atoms with van der Waals surface area (Å²) in [5, 5.41) is 0. The molecule has 1 amide bonds. The molecule has 0 spiro atoms. The van der Waals surface area contributed by atoms with Crippen LogP contribution in [0.1, 0.15) is 19.8 Å². The molecule has 5 heteroatoms. The average molecular weight is 229 g/mol. The van der Waals surface area contributed by atoms with Crippen molar-refractivity contribution in [2.75, 3.05) is 26.7 Å². The van der Waals surface area contributed by atoms with Gasteiger partial charge >= 0.3 is 0 Å². The van der Waals surface area contributed by atoms with E-state index in [-0.39, 0.29) is 11.9 Å². The predicted molar refractivity (Wildman–Crippen MR) is 64.7 cm³/mol. The third kappa shape index (κ3) is 3.43. The minimum Gasteiger partial charge on any atom is -0.392 e. The van der Waals surface area contributed by atoms with E-state index in [1.54, 1.807) is 0 Å². The largest absolute Gasteiger partial charge is 0.392 e. The number of thiocarbonyl (C=S) groups is 1. The number of amides is 1. The molecule has 0 radical (unpaired) electrons. The number of nitrogens with zero attached hydrogens (tertiary/aromatic N) is 2. The Morgan fingerprint density at radius 1 is 1.53 bits per heavy atom. The molecule has 1 saturated heterocycles. The molecule has 1 aliphatic heterocycles. The molecule has 0 aliphatic carbocycles. The number of likely N-dealkylation sites (N-methyl/N-ethyl adjacent to an activating group) is 1. The van der Waals surface area contributed by atoms with Gasteiger partial charge in [-0.1, -0.05) is 12.2 Å². The molecule has 0 aromatic heterocycles. The van der Waals surface area contributed by atoms with E-state index < -0.39 is 0 Å². The molecule has 15 heavy (non-hydrogen) atoms. The first-order chi connectivity index (χ1) is 7.02. The van der Waals surface area contributed by atoms with Crippen LogP contribution in [0.5, 0.6) is 0 Å². The number of carbonyl (C=O) groups excluding carboxylic acids is 1. The quantitative estimate of drug-likeness (QED) is 0.700. The van der Waals surface area contributed by atoms with Gasteiger partial charge in [-0.25, -0.2) is 0 Å². The van der Waals surface area contributed by atoms with Crippen LogP contribution in [-0.2, 0) is 4.79 Å². The van der Waals surface area contributed by atoms with E-state index in [0.717, 1.165) is 25.9 Å². The van der Waals surface area contributed by atoms with Crippen LogP contribution in [0.2, 0.25) is 0 Å². The number of rotatable bonds is 4. The van der Waals surface area contributed by atoms with Crippen molar-refractivity contribution < 1.29 is 4.79 Å². The smallest absolute Gasteiger partial charge is 0.236 e. The molecule has 0 saturated carbocycles. The van der Waals surface area contributed by atoms with Crippen molar-refractivity contribution in [3.8, 4) is 0 Å². The molecule has 1 heterocycles. The Morgan fingerprint density at radius 3 is 2.53 bits per heavy atom. The zero-order valence-corrected chi connectivity index (χ0v) is 10.2. The van der Waals surface area contributed by atoms with E-state index >= 15 is 0 Å². The standard InChI is InChI=1S/C10H19N3OS/c1-8(10(11)15)12(2)7-9(14)13-5-3-4-6-13/h8H,3-7H2,1-2H3,(H2,11,15). The Morgan fingerprint density at radius 2 is 2.07 bits per heavy atom. The minimum absolute atomic E-state index is 0.0217. The highest BCUT2D eigenvalue weighted by molar-refractivity contribution is 7.80. The second-order valence-corrected chi connectivity index (χ2v) is 4.55. The van der Waals surface area contributed by atoms with Gasteiger partial charge in [-0.2, -0.15) is 0 Å². The molecule has 1 fully saturated rings. The van der Waals surface area contributed by atoms with Crippen LogP contribution >= 0.6 is 12.2 Å². The maximum Gasteiger partial charge on any atom is 0.236 e. The van der Waals surface area contributed by atoms with E-state index in [2.05, 4.69) is 0 Å². The van der Waals surface area contributed by atoms with Gasteiger partial charge in [0.2, 0.25) is 5.91 Å². The monoisotopic (exact) mass is 229 g/mol. The lowest BCUT2D eigenvalue weighted by atomic mass is 10.3. The fraction of sp³-hybridized carbons (Fsp3) is 0.800. The van der Waals surface area contributed by atoms with E-state index in [4.69, 9.17) is 18.0 Å². The lowest BCUT2D eigenvalue weighted by Crippen LogP contribution is -2.45. The van der Waals surface area contributed by atoms with Gasteiger partial charge in [0.25, 0.3) is 0 Å². The van der Waals surface area contributed by atoms with Gasteiger partial charge in [-0.3, -0.25) is 9.69 Å². The van der Waals surface area contributed by atoms with E-state index in [0.29, 0.717) is 11.5 Å². The van der Waals surface area contributed by atoms with Crippen LogP contribution in [0, 0.1) is 0 Å². The maximum atomic E-state index is 11.8. The van der Waals surface area contributed by atoms with E-state index in [1.807, 2.05) is 23.8 Å². The number of nitrogens with two attached hydrogens (primary N) is 1. The van der Waals surface area contributed by atoms with Crippen LogP contribution < -0.4 is 5.73 Å². The van der Waals surface area contributed by atoms with Gasteiger partial charge in [-0.15, -0.1) is 0 Å². The van der Waals surface area contributed by atoms with Crippen LogP contribution in [0.25, 0.3) is 0 Å². The SMILES string of the molecule is CC(C(N)=S)N(C)CC(=O)N1CCCC1. The van der Waals surface area contributed by atoms with Crippen LogP contribution in [0.3, 0.4) is 0 Å². The van der Waals surface area contributed by atoms with Gasteiger partial charge in [-0.05, 0) is 26.8 Å². The predicted octanol–water partition coefficient (Wildman–Crippen LogP) is 0.215. The maximum absolute atomic E-state index is 11.8. The van der Waals surface area contributed by atoms with Crippen molar-refractivity contribution in [2.45, 2.75) is 25.8 Å². The van der Waals surface area contributed by atoms with Crippen LogP contribution in [-0.4, -0.2) is 53.4 Å². The average Bonchev–Trinajstić information content (AvgIpc) is 2.68. The highest BCUT2D eigenvalue weighted by Crippen LogP contribution is 2.08. The molecule has 1 rings (SSSR count). The summed E-state index contributed by atoms with van der Waals surface area (Å²) in [6.07, 6.45) is 2.25. The lowest BCUT2D eigenvalue weighted by Gasteiger charge is -2.25. The summed E-state index contributed by atoms with van der Waals surface area (Å²) in [5.74, 6) is 0.179. The number of carbonyl (C=O) groups is 1. The summed E-state index contributed by atoms with van der Waals surface area (Å²) in [7, 11) is 1.87. The van der Waals surface area contributed by atoms with Gasteiger partial charge in [0.1, 0.15) is 0 Å². The molecule has 1 aliphatic rings. The van der Waals surface area contributed by atoms with Crippen LogP contribution in [0.15, 0.2) is 0 Å². The zero-order valence-electron chi connectivity index (χ0n) is 9.40. The Hall–Kier alpha value is -0.680. The molecule has 0 aromatic carbocycles. The zero-order chi connectivity index (χ0) is 11.4. The third-order valence-electron chi connectivity index (χ3n) is 2.92. The van der Waals surface area contributed by atoms with Crippen molar-refractivity contribution in [1.29, 1.82) is 0 Å². The van der Waals surface area contributed by atoms with Gasteiger partial charge in [0, 0.05) is 13.1 Å². The first-order valence-corrected chi connectivity index (χ1v) is 5.70. The summed E-state index contributed by atoms with van der Waals surface area (Å²) >= 11 is 4.89. The molecule has 2 N–H and O–H groups in total. The van der Waals surface area contributed by atoms with Crippen molar-refractivity contribution in [3.05, 3.63) is 0 Å². The summed E-state index contributed by atoms with van der Waals surface area (Å²) < 4.78 is 0. The molecule has 1 atom stereocenters. The summed E-state index contributed by atoms with van der Waals surface area (Å²) in [6.45, 7) is 4.11. The van der Waals surface area contributed by atoms with Crippen molar-refractivity contribution >= 4 is 23.1 Å². The second-order valence-electron chi connectivity index (χ2n) is 4.08. The van der Waals surface area contributed by atoms with Gasteiger partial charge in [0.15, 0.2) is 0 Å². The van der Waals surface area contributed by atoms with E-state index in [9.17, 15) is 4.79 Å². The Balaban J connectivity index is 2.39. The highest BCUT2D eigenvalue weighted by Gasteiger charge is 2.21. The molecular weight excluding hydrogens is 210 g/mol. The summed E-state index contributed by atoms with van der Waals surface area (Å²) in [6, 6.07) is -0.0217. The van der Waals surface area contributed by atoms with Gasteiger partial charge in [0.05, 0.1) is 17.6 Å². The lowest BCUT2D eigenvalue weighted by molar-refractivity contribution is -0.131. The molecule has 86 valence electrons. The van der Waals surface area contributed by atoms with Gasteiger partial charge < -0.3 is 10.6 Å². The molecule has 1 unspecified atom stereocenters. The topological polar surface area (TPSA) is 49.6 Å². The highest BCUT2D eigenvalue weighted by atomic mass is 32.1. The molecule has 4 nitrogen and oxygen atoms in total. The number of hydrogen-bond acceptors (Lipinski definition) is 3. The van der Waals surface area contributed by atoms with Crippen molar-refractivity contribution in [3.63, 3.8) is 0 Å². The second kappa shape index (κ2) is 5.42. The normalized spacial score (nSPS) is 18.2. The fourth-order valence-electron chi connectivity index (χ4n) is 1.63. The third-order valence-corrected chi connectivity index (χ3v) is 3.26. The molecular formula is C10H19N3OS. The van der Waals surface area contributed by atoms with Crippen molar-refractivity contribution in [1.82, 2.24) is 9.80 Å². The first-order valence-electron chi connectivity index (χ1n) is 5.29. The fourth-order valence-corrected chi connectivity index (χ4v) is 1.81. The van der Waals surface area contributed by atoms with Crippen LogP contribution in [0.4, 0.5) is 0 Å². The number of hydrogen-bond donors (Lipinski definition) is 1. The number of likely N-dealkylation sites (tertiary alicyclic amines) is 1. The molecule has 0 bridgehead atoms. The minimum atomic E-state index is -0.0217. The Labute approximate surface area is 96.4 Å². The molecule has 0 aromatic rings. The first kappa shape index (κ1) is 12.4. The summed E-state index contributed by atoms with van der Waals surface area (Å²) in [5.41, 5.74) is 5.53. The van der Waals surface area contributed by atoms with Crippen molar-refractivity contribution in [2.24, 2.45) is 5.73 Å². The Kier molecular flexibility index (Phi) is 4.47. The Bertz CT molecular complexity index is 251. The summed E-state index contributed by atoms with van der Waals surface area (Å²) in [4.78, 5) is 16.0.